The molecule has 19 heavy (non-hydrogen) atoms. The highest BCUT2D eigenvalue weighted by Gasteiger charge is 2.21. The normalized spacial score (nSPS) is 13.2. The van der Waals surface area contributed by atoms with Gasteiger partial charge in [0, 0.05) is 12.5 Å². The van der Waals surface area contributed by atoms with E-state index in [1.54, 1.807) is 0 Å². The Bertz CT molecular complexity index is 430. The second-order valence-corrected chi connectivity index (χ2v) is 6.50. The Morgan fingerprint density at radius 1 is 1.26 bits per heavy atom. The van der Waals surface area contributed by atoms with Crippen LogP contribution in [0.3, 0.4) is 0 Å². The van der Waals surface area contributed by atoms with E-state index in [4.69, 9.17) is 5.11 Å². The number of rotatable bonds is 7. The summed E-state index contributed by atoms with van der Waals surface area (Å²) in [5.74, 6) is 1.40. The SMILES string of the molecule is CC(C)Cn1c(SCC(=O)O)nnc1C(C)C(C)C. The largest absolute Gasteiger partial charge is 0.481 e. The molecule has 6 heteroatoms. The molecule has 1 N–H and O–H groups in total. The molecule has 0 saturated heterocycles. The van der Waals surface area contributed by atoms with Crippen LogP contribution in [-0.4, -0.2) is 31.6 Å². The van der Waals surface area contributed by atoms with Crippen molar-refractivity contribution in [3.8, 4) is 0 Å². The molecule has 0 aliphatic rings. The average molecular weight is 285 g/mol. The Morgan fingerprint density at radius 2 is 1.89 bits per heavy atom. The molecule has 1 rings (SSSR count). The summed E-state index contributed by atoms with van der Waals surface area (Å²) in [5, 5.41) is 17.9. The number of aromatic nitrogens is 3. The highest BCUT2D eigenvalue weighted by Crippen LogP contribution is 2.27. The van der Waals surface area contributed by atoms with E-state index in [0.29, 0.717) is 22.9 Å². The zero-order valence-corrected chi connectivity index (χ0v) is 13.1. The summed E-state index contributed by atoms with van der Waals surface area (Å²) in [7, 11) is 0. The highest BCUT2D eigenvalue weighted by atomic mass is 32.2. The van der Waals surface area contributed by atoms with Gasteiger partial charge in [0.2, 0.25) is 0 Å². The Labute approximate surface area is 118 Å². The standard InChI is InChI=1S/C13H23N3O2S/c1-8(2)6-16-12(10(5)9(3)4)14-15-13(16)19-7-11(17)18/h8-10H,6-7H2,1-5H3,(H,17,18). The summed E-state index contributed by atoms with van der Waals surface area (Å²) in [4.78, 5) is 10.7. The second-order valence-electron chi connectivity index (χ2n) is 5.56. The molecule has 0 fully saturated rings. The fraction of sp³-hybridized carbons (Fsp3) is 0.769. The first-order chi connectivity index (χ1) is 8.82. The van der Waals surface area contributed by atoms with E-state index in [0.717, 1.165) is 12.4 Å². The van der Waals surface area contributed by atoms with Gasteiger partial charge in [-0.25, -0.2) is 0 Å². The lowest BCUT2D eigenvalue weighted by Gasteiger charge is -2.18. The molecule has 1 unspecified atom stereocenters. The van der Waals surface area contributed by atoms with Gasteiger partial charge in [-0.1, -0.05) is 46.4 Å². The maximum Gasteiger partial charge on any atom is 0.313 e. The predicted octanol–water partition coefficient (Wildman–Crippen LogP) is 2.87. The Hall–Kier alpha value is -1.04. The van der Waals surface area contributed by atoms with Crippen LogP contribution in [0.4, 0.5) is 0 Å². The van der Waals surface area contributed by atoms with E-state index < -0.39 is 5.97 Å². The minimum Gasteiger partial charge on any atom is -0.481 e. The third kappa shape index (κ3) is 4.53. The molecule has 0 saturated carbocycles. The fourth-order valence-electron chi connectivity index (χ4n) is 1.70. The van der Waals surface area contributed by atoms with Crippen LogP contribution in [0.2, 0.25) is 0 Å². The van der Waals surface area contributed by atoms with Gasteiger partial charge in [0.15, 0.2) is 5.16 Å². The summed E-state index contributed by atoms with van der Waals surface area (Å²) in [6.45, 7) is 11.5. The van der Waals surface area contributed by atoms with Gasteiger partial charge in [-0.3, -0.25) is 4.79 Å². The van der Waals surface area contributed by atoms with Crippen LogP contribution in [0.5, 0.6) is 0 Å². The molecule has 1 aromatic heterocycles. The maximum absolute atomic E-state index is 10.7. The second kappa shape index (κ2) is 6.93. The topological polar surface area (TPSA) is 68.0 Å². The van der Waals surface area contributed by atoms with E-state index in [1.165, 1.54) is 11.8 Å². The number of hydrogen-bond donors (Lipinski definition) is 1. The molecule has 1 heterocycles. The van der Waals surface area contributed by atoms with Gasteiger partial charge in [0.05, 0.1) is 5.75 Å². The van der Waals surface area contributed by atoms with Crippen molar-refractivity contribution in [1.29, 1.82) is 0 Å². The molecule has 1 atom stereocenters. The van der Waals surface area contributed by atoms with Crippen molar-refractivity contribution in [2.45, 2.75) is 52.2 Å². The average Bonchev–Trinajstić information content (AvgIpc) is 2.67. The first-order valence-corrected chi connectivity index (χ1v) is 7.59. The van der Waals surface area contributed by atoms with E-state index in [1.807, 2.05) is 0 Å². The summed E-state index contributed by atoms with van der Waals surface area (Å²) in [6.07, 6.45) is 0. The number of hydrogen-bond acceptors (Lipinski definition) is 4. The van der Waals surface area contributed by atoms with Crippen LogP contribution >= 0.6 is 11.8 Å². The highest BCUT2D eigenvalue weighted by molar-refractivity contribution is 7.99. The van der Waals surface area contributed by atoms with Crippen molar-refractivity contribution >= 4 is 17.7 Å². The van der Waals surface area contributed by atoms with Gasteiger partial charge < -0.3 is 9.67 Å². The van der Waals surface area contributed by atoms with Crippen LogP contribution in [0.1, 0.15) is 46.4 Å². The van der Waals surface area contributed by atoms with Crippen LogP contribution in [0.25, 0.3) is 0 Å². The van der Waals surface area contributed by atoms with Crippen molar-refractivity contribution < 1.29 is 9.90 Å². The third-order valence-corrected chi connectivity index (χ3v) is 3.98. The van der Waals surface area contributed by atoms with Gasteiger partial charge in [-0.05, 0) is 11.8 Å². The van der Waals surface area contributed by atoms with Crippen LogP contribution in [-0.2, 0) is 11.3 Å². The van der Waals surface area contributed by atoms with Gasteiger partial charge in [0.1, 0.15) is 5.82 Å². The molecule has 0 aliphatic heterocycles. The van der Waals surface area contributed by atoms with Crippen LogP contribution in [0, 0.1) is 11.8 Å². The first kappa shape index (κ1) is 16.0. The molecule has 0 radical (unpaired) electrons. The number of carboxylic acid groups (broad SMARTS) is 1. The minimum absolute atomic E-state index is 0.0201. The molecule has 0 amide bonds. The molecule has 0 bridgehead atoms. The number of nitrogens with zero attached hydrogens (tertiary/aromatic N) is 3. The van der Waals surface area contributed by atoms with Gasteiger partial charge >= 0.3 is 5.97 Å². The predicted molar refractivity (Wildman–Crippen MR) is 76.5 cm³/mol. The van der Waals surface area contributed by atoms with Gasteiger partial charge in [-0.2, -0.15) is 0 Å². The fourth-order valence-corrected chi connectivity index (χ4v) is 2.38. The van der Waals surface area contributed by atoms with E-state index in [9.17, 15) is 4.79 Å². The van der Waals surface area contributed by atoms with Gasteiger partial charge in [-0.15, -0.1) is 10.2 Å². The lowest BCUT2D eigenvalue weighted by molar-refractivity contribution is -0.133. The molecular formula is C13H23N3O2S. The van der Waals surface area contributed by atoms with Crippen LogP contribution < -0.4 is 0 Å². The van der Waals surface area contributed by atoms with Crippen molar-refractivity contribution in [3.63, 3.8) is 0 Å². The van der Waals surface area contributed by atoms with Crippen molar-refractivity contribution in [2.24, 2.45) is 11.8 Å². The zero-order valence-electron chi connectivity index (χ0n) is 12.3. The van der Waals surface area contributed by atoms with E-state index >= 15 is 0 Å². The van der Waals surface area contributed by atoms with Crippen molar-refractivity contribution in [1.82, 2.24) is 14.8 Å². The Morgan fingerprint density at radius 3 is 2.37 bits per heavy atom. The monoisotopic (exact) mass is 285 g/mol. The first-order valence-electron chi connectivity index (χ1n) is 6.60. The summed E-state index contributed by atoms with van der Waals surface area (Å²) < 4.78 is 2.07. The van der Waals surface area contributed by atoms with Crippen LogP contribution in [0.15, 0.2) is 5.16 Å². The molecule has 0 aromatic carbocycles. The molecule has 108 valence electrons. The zero-order chi connectivity index (χ0) is 14.6. The lowest BCUT2D eigenvalue weighted by atomic mass is 9.97. The summed E-state index contributed by atoms with van der Waals surface area (Å²) >= 11 is 1.24. The summed E-state index contributed by atoms with van der Waals surface area (Å²) in [6, 6.07) is 0. The molecule has 1 aromatic rings. The molecule has 0 aliphatic carbocycles. The number of carboxylic acids is 1. The van der Waals surface area contributed by atoms with Crippen molar-refractivity contribution in [2.75, 3.05) is 5.75 Å². The molecule has 0 spiro atoms. The third-order valence-electron chi connectivity index (χ3n) is 3.03. The smallest absolute Gasteiger partial charge is 0.313 e. The quantitative estimate of drug-likeness (QED) is 0.780. The lowest BCUT2D eigenvalue weighted by Crippen LogP contribution is -2.15. The van der Waals surface area contributed by atoms with E-state index in [-0.39, 0.29) is 5.75 Å². The Balaban J connectivity index is 3.00. The van der Waals surface area contributed by atoms with Gasteiger partial charge in [0.25, 0.3) is 0 Å². The number of aliphatic carboxylic acids is 1. The van der Waals surface area contributed by atoms with E-state index in [2.05, 4.69) is 49.4 Å². The minimum atomic E-state index is -0.831. The Kier molecular flexibility index (Phi) is 5.85. The maximum atomic E-state index is 10.7. The number of carbonyl (C=O) groups is 1. The number of thioether (sulfide) groups is 1. The van der Waals surface area contributed by atoms with Crippen molar-refractivity contribution in [3.05, 3.63) is 5.82 Å². The summed E-state index contributed by atoms with van der Waals surface area (Å²) in [5.41, 5.74) is 0. The molecule has 5 nitrogen and oxygen atoms in total. The molecular weight excluding hydrogens is 262 g/mol.